The largest absolute Gasteiger partial charge is 0.352 e. The van der Waals surface area contributed by atoms with Crippen molar-refractivity contribution in [2.45, 2.75) is 26.3 Å². The van der Waals surface area contributed by atoms with Crippen molar-refractivity contribution >= 4 is 17.7 Å². The van der Waals surface area contributed by atoms with E-state index in [0.29, 0.717) is 6.54 Å². The minimum atomic E-state index is -0.398. The predicted molar refractivity (Wildman–Crippen MR) is 69.5 cm³/mol. The van der Waals surface area contributed by atoms with Crippen LogP contribution in [-0.2, 0) is 20.9 Å². The second kappa shape index (κ2) is 7.86. The van der Waals surface area contributed by atoms with E-state index in [1.54, 1.807) is 0 Å². The molecule has 0 radical (unpaired) electrons. The summed E-state index contributed by atoms with van der Waals surface area (Å²) in [5.41, 5.74) is 5.35. The zero-order chi connectivity index (χ0) is 14.1. The van der Waals surface area contributed by atoms with Crippen molar-refractivity contribution in [3.8, 4) is 0 Å². The summed E-state index contributed by atoms with van der Waals surface area (Å²) >= 11 is 0. The van der Waals surface area contributed by atoms with Gasteiger partial charge in [-0.2, -0.15) is 0 Å². The van der Waals surface area contributed by atoms with Gasteiger partial charge in [-0.15, -0.1) is 0 Å². The number of amides is 3. The molecule has 102 valence electrons. The molecule has 1 aromatic rings. The molecule has 19 heavy (non-hydrogen) atoms. The van der Waals surface area contributed by atoms with Gasteiger partial charge in [0.05, 0.1) is 0 Å². The summed E-state index contributed by atoms with van der Waals surface area (Å²) < 4.78 is 0. The van der Waals surface area contributed by atoms with Crippen LogP contribution in [0.1, 0.15) is 25.3 Å². The molecule has 0 bridgehead atoms. The number of rotatable bonds is 5. The Balaban J connectivity index is 2.17. The van der Waals surface area contributed by atoms with E-state index in [1.165, 1.54) is 6.92 Å². The van der Waals surface area contributed by atoms with E-state index in [-0.39, 0.29) is 24.7 Å². The van der Waals surface area contributed by atoms with Gasteiger partial charge >= 0.3 is 0 Å². The molecule has 0 aliphatic rings. The molecule has 0 spiro atoms. The lowest BCUT2D eigenvalue weighted by molar-refractivity contribution is -0.129. The third-order valence-corrected chi connectivity index (χ3v) is 2.29. The van der Waals surface area contributed by atoms with Crippen LogP contribution in [0, 0.1) is 0 Å². The maximum atomic E-state index is 11.5. The van der Waals surface area contributed by atoms with Gasteiger partial charge < -0.3 is 5.32 Å². The molecular weight excluding hydrogens is 246 g/mol. The Kier molecular flexibility index (Phi) is 6.08. The molecule has 3 N–H and O–H groups in total. The number of nitrogens with one attached hydrogen (secondary N) is 3. The average Bonchev–Trinajstić information content (AvgIpc) is 2.41. The average molecular weight is 263 g/mol. The number of hydrogen-bond donors (Lipinski definition) is 3. The Hall–Kier alpha value is -2.37. The van der Waals surface area contributed by atoms with Crippen LogP contribution in [0.15, 0.2) is 30.3 Å². The topological polar surface area (TPSA) is 87.3 Å². The molecule has 0 aliphatic carbocycles. The van der Waals surface area contributed by atoms with Gasteiger partial charge in [-0.05, 0) is 5.56 Å². The van der Waals surface area contributed by atoms with Gasteiger partial charge in [-0.25, -0.2) is 0 Å². The van der Waals surface area contributed by atoms with E-state index in [0.717, 1.165) is 5.56 Å². The first kappa shape index (κ1) is 14.7. The maximum absolute atomic E-state index is 11.5. The number of benzene rings is 1. The van der Waals surface area contributed by atoms with Crippen LogP contribution in [-0.4, -0.2) is 17.7 Å². The second-order valence-corrected chi connectivity index (χ2v) is 3.99. The summed E-state index contributed by atoms with van der Waals surface area (Å²) in [6.45, 7) is 1.72. The minimum Gasteiger partial charge on any atom is -0.352 e. The summed E-state index contributed by atoms with van der Waals surface area (Å²) in [6.07, 6.45) is 0.110. The van der Waals surface area contributed by atoms with Crippen molar-refractivity contribution in [2.75, 3.05) is 0 Å². The molecule has 1 aromatic carbocycles. The Bertz CT molecular complexity index is 446. The highest BCUT2D eigenvalue weighted by atomic mass is 16.2. The monoisotopic (exact) mass is 263 g/mol. The molecule has 0 aliphatic heterocycles. The fourth-order valence-electron chi connectivity index (χ4n) is 1.33. The number of carbonyl (C=O) groups excluding carboxylic acids is 3. The molecule has 0 aromatic heterocycles. The highest BCUT2D eigenvalue weighted by molar-refractivity contribution is 5.85. The molecule has 1 rings (SSSR count). The Morgan fingerprint density at radius 1 is 0.947 bits per heavy atom. The molecule has 0 heterocycles. The lowest BCUT2D eigenvalue weighted by Crippen LogP contribution is -2.40. The molecule has 6 heteroatoms. The Labute approximate surface area is 111 Å². The first-order valence-corrected chi connectivity index (χ1v) is 5.94. The molecule has 0 saturated heterocycles. The smallest absolute Gasteiger partial charge is 0.238 e. The van der Waals surface area contributed by atoms with Gasteiger partial charge in [0.1, 0.15) is 0 Å². The van der Waals surface area contributed by atoms with Crippen molar-refractivity contribution in [1.82, 2.24) is 16.2 Å². The highest BCUT2D eigenvalue weighted by Gasteiger charge is 2.06. The van der Waals surface area contributed by atoms with Crippen LogP contribution < -0.4 is 16.2 Å². The zero-order valence-electron chi connectivity index (χ0n) is 10.7. The van der Waals surface area contributed by atoms with Crippen LogP contribution in [0.3, 0.4) is 0 Å². The van der Waals surface area contributed by atoms with Crippen LogP contribution in [0.25, 0.3) is 0 Å². The van der Waals surface area contributed by atoms with E-state index < -0.39 is 5.91 Å². The zero-order valence-corrected chi connectivity index (χ0v) is 10.7. The van der Waals surface area contributed by atoms with E-state index in [4.69, 9.17) is 0 Å². The van der Waals surface area contributed by atoms with Gasteiger partial charge in [0.25, 0.3) is 0 Å². The summed E-state index contributed by atoms with van der Waals surface area (Å²) in [4.78, 5) is 33.2. The van der Waals surface area contributed by atoms with Gasteiger partial charge in [-0.3, -0.25) is 25.2 Å². The van der Waals surface area contributed by atoms with E-state index in [2.05, 4.69) is 16.2 Å². The molecule has 0 unspecified atom stereocenters. The lowest BCUT2D eigenvalue weighted by atomic mass is 10.2. The molecule has 0 fully saturated rings. The normalized spacial score (nSPS) is 9.53. The standard InChI is InChI=1S/C13H17N3O3/c1-10(17)15-16-13(19)8-7-12(18)14-9-11-5-3-2-4-6-11/h2-6H,7-9H2,1H3,(H,14,18)(H,15,17)(H,16,19). The highest BCUT2D eigenvalue weighted by Crippen LogP contribution is 1.98. The fraction of sp³-hybridized carbons (Fsp3) is 0.308. The molecular formula is C13H17N3O3. The molecule has 0 saturated carbocycles. The number of hydrogen-bond acceptors (Lipinski definition) is 3. The summed E-state index contributed by atoms with van der Waals surface area (Å²) in [5, 5.41) is 2.71. The Morgan fingerprint density at radius 3 is 2.21 bits per heavy atom. The first-order valence-electron chi connectivity index (χ1n) is 5.94. The number of hydrazine groups is 1. The summed E-state index contributed by atoms with van der Waals surface area (Å²) in [5.74, 6) is -0.964. The van der Waals surface area contributed by atoms with Crippen molar-refractivity contribution < 1.29 is 14.4 Å². The molecule has 3 amide bonds. The van der Waals surface area contributed by atoms with Crippen LogP contribution >= 0.6 is 0 Å². The number of carbonyl (C=O) groups is 3. The summed E-state index contributed by atoms with van der Waals surface area (Å²) in [6, 6.07) is 9.50. The SMILES string of the molecule is CC(=O)NNC(=O)CCC(=O)NCc1ccccc1. The maximum Gasteiger partial charge on any atom is 0.238 e. The Morgan fingerprint density at radius 2 is 1.58 bits per heavy atom. The van der Waals surface area contributed by atoms with E-state index >= 15 is 0 Å². The van der Waals surface area contributed by atoms with Crippen LogP contribution in [0.2, 0.25) is 0 Å². The van der Waals surface area contributed by atoms with Gasteiger partial charge in [-0.1, -0.05) is 30.3 Å². The van der Waals surface area contributed by atoms with Crippen molar-refractivity contribution in [1.29, 1.82) is 0 Å². The lowest BCUT2D eigenvalue weighted by Gasteiger charge is -2.06. The fourth-order valence-corrected chi connectivity index (χ4v) is 1.33. The molecule has 0 atom stereocenters. The van der Waals surface area contributed by atoms with E-state index in [1.807, 2.05) is 30.3 Å². The quantitative estimate of drug-likeness (QED) is 0.665. The van der Waals surface area contributed by atoms with Crippen molar-refractivity contribution in [2.24, 2.45) is 0 Å². The van der Waals surface area contributed by atoms with E-state index in [9.17, 15) is 14.4 Å². The minimum absolute atomic E-state index is 0.0287. The van der Waals surface area contributed by atoms with Crippen LogP contribution in [0.4, 0.5) is 0 Å². The van der Waals surface area contributed by atoms with Crippen molar-refractivity contribution in [3.05, 3.63) is 35.9 Å². The second-order valence-electron chi connectivity index (χ2n) is 3.99. The third-order valence-electron chi connectivity index (χ3n) is 2.29. The summed E-state index contributed by atoms with van der Waals surface area (Å²) in [7, 11) is 0. The van der Waals surface area contributed by atoms with Gasteiger partial charge in [0.2, 0.25) is 17.7 Å². The van der Waals surface area contributed by atoms with Crippen LogP contribution in [0.5, 0.6) is 0 Å². The third kappa shape index (κ3) is 6.82. The van der Waals surface area contributed by atoms with Crippen molar-refractivity contribution in [3.63, 3.8) is 0 Å². The van der Waals surface area contributed by atoms with Gasteiger partial charge in [0.15, 0.2) is 0 Å². The predicted octanol–water partition coefficient (Wildman–Crippen LogP) is 0.250. The van der Waals surface area contributed by atoms with Gasteiger partial charge in [0, 0.05) is 26.3 Å². The first-order chi connectivity index (χ1) is 9.08. The molecule has 6 nitrogen and oxygen atoms in total.